The van der Waals surface area contributed by atoms with Gasteiger partial charge in [-0.15, -0.1) is 11.3 Å². The molecule has 50 heavy (non-hydrogen) atoms. The summed E-state index contributed by atoms with van der Waals surface area (Å²) >= 11 is 1.85. The van der Waals surface area contributed by atoms with Crippen molar-refractivity contribution in [1.82, 2.24) is 24.5 Å². The van der Waals surface area contributed by atoms with Gasteiger partial charge < -0.3 is 0 Å². The Morgan fingerprint density at radius 3 is 2.08 bits per heavy atom. The van der Waals surface area contributed by atoms with E-state index in [1.54, 1.807) is 0 Å². The molecule has 5 heterocycles. The van der Waals surface area contributed by atoms with Crippen LogP contribution < -0.4 is 0 Å². The molecular weight excluding hydrogens is 631 g/mol. The van der Waals surface area contributed by atoms with Crippen molar-refractivity contribution in [3.8, 4) is 28.5 Å². The maximum atomic E-state index is 5.41. The van der Waals surface area contributed by atoms with Crippen molar-refractivity contribution in [3.63, 3.8) is 0 Å². The van der Waals surface area contributed by atoms with Gasteiger partial charge in [0.05, 0.1) is 39.7 Å². The average Bonchev–Trinajstić information content (AvgIpc) is 3.73. The van der Waals surface area contributed by atoms with E-state index in [4.69, 9.17) is 15.0 Å². The van der Waals surface area contributed by atoms with E-state index in [1.807, 2.05) is 41.9 Å². The highest BCUT2D eigenvalue weighted by molar-refractivity contribution is 7.26. The highest BCUT2D eigenvalue weighted by Gasteiger charge is 2.20. The second-order valence-electron chi connectivity index (χ2n) is 12.7. The molecule has 0 N–H and O–H groups in total. The number of fused-ring (bicyclic) bond motifs is 11. The third-order valence-electron chi connectivity index (χ3n) is 9.89. The van der Waals surface area contributed by atoms with Crippen LogP contribution in [-0.4, -0.2) is 24.5 Å². The Balaban J connectivity index is 1.20. The normalized spacial score (nSPS) is 12.0. The van der Waals surface area contributed by atoms with Crippen LogP contribution in [0.2, 0.25) is 0 Å². The molecule has 0 unspecified atom stereocenters. The molecule has 0 fully saturated rings. The number of hydrogen-bond donors (Lipinski definition) is 0. The molecular formula is C44H25N5S. The Morgan fingerprint density at radius 2 is 1.18 bits per heavy atom. The summed E-state index contributed by atoms with van der Waals surface area (Å²) in [6.45, 7) is 0. The van der Waals surface area contributed by atoms with Crippen LogP contribution >= 0.6 is 11.3 Å². The molecule has 5 nitrogen and oxygen atoms in total. The highest BCUT2D eigenvalue weighted by Crippen LogP contribution is 2.43. The Morgan fingerprint density at radius 1 is 0.460 bits per heavy atom. The summed E-state index contributed by atoms with van der Waals surface area (Å²) in [5.41, 5.74) is 7.78. The van der Waals surface area contributed by atoms with E-state index in [9.17, 15) is 0 Å². The minimum absolute atomic E-state index is 0.608. The van der Waals surface area contributed by atoms with Gasteiger partial charge >= 0.3 is 0 Å². The van der Waals surface area contributed by atoms with Gasteiger partial charge in [-0.1, -0.05) is 109 Å². The number of rotatable bonds is 3. The molecule has 0 aliphatic heterocycles. The average molecular weight is 656 g/mol. The minimum Gasteiger partial charge on any atom is -0.276 e. The lowest BCUT2D eigenvalue weighted by Crippen LogP contribution is -2.03. The maximum Gasteiger partial charge on any atom is 0.235 e. The Bertz CT molecular complexity index is 3160. The van der Waals surface area contributed by atoms with Gasteiger partial charge in [-0.25, -0.2) is 15.0 Å². The molecule has 0 atom stereocenters. The van der Waals surface area contributed by atoms with E-state index in [2.05, 4.69) is 131 Å². The van der Waals surface area contributed by atoms with Gasteiger partial charge in [0.15, 0.2) is 0 Å². The van der Waals surface area contributed by atoms with Crippen LogP contribution in [0.4, 0.5) is 0 Å². The molecule has 0 aliphatic rings. The quantitative estimate of drug-likeness (QED) is 0.178. The van der Waals surface area contributed by atoms with E-state index in [1.165, 1.54) is 30.9 Å². The van der Waals surface area contributed by atoms with Crippen molar-refractivity contribution >= 4 is 85.9 Å². The summed E-state index contributed by atoms with van der Waals surface area (Å²) in [5, 5.41) is 9.35. The molecule has 11 rings (SSSR count). The first kappa shape index (κ1) is 27.5. The molecule has 0 saturated heterocycles. The van der Waals surface area contributed by atoms with Crippen molar-refractivity contribution in [2.75, 3.05) is 0 Å². The van der Waals surface area contributed by atoms with Gasteiger partial charge in [0.25, 0.3) is 0 Å². The first-order valence-corrected chi connectivity index (χ1v) is 17.5. The number of hydrogen-bond acceptors (Lipinski definition) is 5. The molecule has 5 aromatic heterocycles. The van der Waals surface area contributed by atoms with Crippen LogP contribution in [0.3, 0.4) is 0 Å². The number of nitrogens with zero attached hydrogens (tertiary/aromatic N) is 5. The molecule has 6 heteroatoms. The smallest absolute Gasteiger partial charge is 0.235 e. The van der Waals surface area contributed by atoms with Crippen molar-refractivity contribution in [2.24, 2.45) is 0 Å². The van der Waals surface area contributed by atoms with Crippen LogP contribution in [0, 0.1) is 0 Å². The molecule has 0 aliphatic carbocycles. The number of thiophene rings is 1. The largest absolute Gasteiger partial charge is 0.276 e. The van der Waals surface area contributed by atoms with Crippen LogP contribution in [0.5, 0.6) is 0 Å². The fourth-order valence-electron chi connectivity index (χ4n) is 7.65. The zero-order valence-corrected chi connectivity index (χ0v) is 27.4. The molecule has 11 aromatic rings. The van der Waals surface area contributed by atoms with Gasteiger partial charge in [-0.2, -0.15) is 0 Å². The van der Waals surface area contributed by atoms with Gasteiger partial charge in [0.1, 0.15) is 0 Å². The molecule has 232 valence electrons. The predicted molar refractivity (Wildman–Crippen MR) is 208 cm³/mol. The van der Waals surface area contributed by atoms with Crippen molar-refractivity contribution in [2.45, 2.75) is 0 Å². The summed E-state index contributed by atoms with van der Waals surface area (Å²) in [7, 11) is 0. The van der Waals surface area contributed by atoms with E-state index in [0.717, 1.165) is 66.1 Å². The first-order valence-electron chi connectivity index (χ1n) is 16.6. The summed E-state index contributed by atoms with van der Waals surface area (Å²) in [5.74, 6) is 0.608. The zero-order valence-electron chi connectivity index (χ0n) is 26.6. The van der Waals surface area contributed by atoms with Crippen molar-refractivity contribution in [3.05, 3.63) is 152 Å². The van der Waals surface area contributed by atoms with E-state index >= 15 is 0 Å². The molecule has 6 aromatic carbocycles. The van der Waals surface area contributed by atoms with Crippen LogP contribution in [-0.2, 0) is 0 Å². The number of para-hydroxylation sites is 1. The van der Waals surface area contributed by atoms with Gasteiger partial charge in [-0.05, 0) is 35.7 Å². The fourth-order valence-corrected chi connectivity index (χ4v) is 8.91. The van der Waals surface area contributed by atoms with Gasteiger partial charge in [0, 0.05) is 64.4 Å². The highest BCUT2D eigenvalue weighted by atomic mass is 32.1. The standard InChI is InChI=1S/C44H25N5S/c1-2-10-26(11-3-1)41-34-15-6-8-16-35(34)47-44(48-41)49-37-24-27(18-19-28(37)29-22-23-45-25-38(29)49)42-32-14-5-4-13-31(32)40-36(46-42)21-20-33-30-12-7-9-17-39(30)50-43(33)40/h1-25H. The zero-order chi connectivity index (χ0) is 32.8. The Kier molecular flexibility index (Phi) is 5.76. The summed E-state index contributed by atoms with van der Waals surface area (Å²) in [6.07, 6.45) is 3.76. The fraction of sp³-hybridized carbons (Fsp3) is 0. The van der Waals surface area contributed by atoms with Crippen molar-refractivity contribution < 1.29 is 0 Å². The third-order valence-corrected chi connectivity index (χ3v) is 11.1. The van der Waals surface area contributed by atoms with Gasteiger partial charge in [0.2, 0.25) is 5.95 Å². The maximum absolute atomic E-state index is 5.41. The van der Waals surface area contributed by atoms with E-state index in [0.29, 0.717) is 5.95 Å². The second kappa shape index (κ2) is 10.5. The van der Waals surface area contributed by atoms with E-state index < -0.39 is 0 Å². The first-order chi connectivity index (χ1) is 24.8. The lowest BCUT2D eigenvalue weighted by Gasteiger charge is -2.13. The van der Waals surface area contributed by atoms with Gasteiger partial charge in [-0.3, -0.25) is 9.55 Å². The molecule has 0 saturated carbocycles. The topological polar surface area (TPSA) is 56.5 Å². The number of benzene rings is 6. The van der Waals surface area contributed by atoms with Crippen LogP contribution in [0.1, 0.15) is 0 Å². The Labute approximate surface area is 289 Å². The Hall–Kier alpha value is -6.50. The SMILES string of the molecule is c1ccc(-c2nc(-n3c4cnccc4c4ccc(-c5nc6ccc7c8ccccc8sc7c6c6ccccc56)cc43)nc3ccccc23)cc1. The van der Waals surface area contributed by atoms with Crippen LogP contribution in [0.25, 0.3) is 103 Å². The van der Waals surface area contributed by atoms with Crippen LogP contribution in [0.15, 0.2) is 152 Å². The molecule has 0 bridgehead atoms. The van der Waals surface area contributed by atoms with Crippen molar-refractivity contribution in [1.29, 1.82) is 0 Å². The lowest BCUT2D eigenvalue weighted by molar-refractivity contribution is 1.01. The molecule has 0 amide bonds. The summed E-state index contributed by atoms with van der Waals surface area (Å²) < 4.78 is 4.73. The predicted octanol–water partition coefficient (Wildman–Crippen LogP) is 11.5. The summed E-state index contributed by atoms with van der Waals surface area (Å²) in [6, 6.07) is 49.1. The third kappa shape index (κ3) is 3.94. The summed E-state index contributed by atoms with van der Waals surface area (Å²) in [4.78, 5) is 20.4. The van der Waals surface area contributed by atoms with E-state index in [-0.39, 0.29) is 0 Å². The molecule has 0 spiro atoms. The second-order valence-corrected chi connectivity index (χ2v) is 13.7. The number of aromatic nitrogens is 5. The lowest BCUT2D eigenvalue weighted by atomic mass is 9.98. The minimum atomic E-state index is 0.608. The monoisotopic (exact) mass is 655 g/mol. The number of pyridine rings is 2. The molecule has 0 radical (unpaired) electrons.